The number of nitrogens with one attached hydrogen (secondary N) is 2. The zero-order valence-corrected chi connectivity index (χ0v) is 12.0. The molecule has 0 spiro atoms. The van der Waals surface area contributed by atoms with Gasteiger partial charge in [-0.1, -0.05) is 5.16 Å². The maximum atomic E-state index is 12.5. The molecule has 0 bridgehead atoms. The lowest BCUT2D eigenvalue weighted by molar-refractivity contribution is 0.0976. The summed E-state index contributed by atoms with van der Waals surface area (Å²) in [5, 5.41) is 14.6. The zero-order valence-electron chi connectivity index (χ0n) is 12.0. The van der Waals surface area contributed by atoms with Crippen LogP contribution in [0.4, 0.5) is 5.69 Å². The first-order valence-electron chi connectivity index (χ1n) is 7.02. The Balaban J connectivity index is 1.65. The van der Waals surface area contributed by atoms with Gasteiger partial charge in [0.2, 0.25) is 0 Å². The summed E-state index contributed by atoms with van der Waals surface area (Å²) in [5.41, 5.74) is 3.64. The molecule has 3 heterocycles. The van der Waals surface area contributed by atoms with E-state index in [4.69, 9.17) is 9.26 Å². The van der Waals surface area contributed by atoms with Gasteiger partial charge >= 0.3 is 0 Å². The molecule has 0 saturated carbocycles. The molecule has 112 valence electrons. The molecule has 0 fully saturated rings. The number of nitrogens with zero attached hydrogens (tertiary/aromatic N) is 2. The van der Waals surface area contributed by atoms with E-state index in [0.29, 0.717) is 25.3 Å². The highest BCUT2D eigenvalue weighted by Crippen LogP contribution is 2.24. The molecule has 0 aliphatic carbocycles. The second-order valence-corrected chi connectivity index (χ2v) is 5.31. The Hall–Kier alpha value is -2.67. The van der Waals surface area contributed by atoms with Gasteiger partial charge in [0.25, 0.3) is 5.91 Å². The van der Waals surface area contributed by atoms with E-state index in [9.17, 15) is 4.79 Å². The van der Waals surface area contributed by atoms with Gasteiger partial charge in [-0.05, 0) is 24.6 Å². The average molecular weight is 298 g/mol. The summed E-state index contributed by atoms with van der Waals surface area (Å²) in [7, 11) is 0. The van der Waals surface area contributed by atoms with Gasteiger partial charge in [-0.25, -0.2) is 0 Å². The average Bonchev–Trinajstić information content (AvgIpc) is 3.13. The summed E-state index contributed by atoms with van der Waals surface area (Å²) in [6.45, 7) is 2.89. The van der Waals surface area contributed by atoms with Crippen molar-refractivity contribution in [3.8, 4) is 0 Å². The molecular weight excluding hydrogens is 284 g/mol. The minimum atomic E-state index is -0.290. The topological polar surface area (TPSA) is 93.0 Å². The molecule has 0 saturated heterocycles. The zero-order chi connectivity index (χ0) is 15.1. The van der Waals surface area contributed by atoms with E-state index in [1.165, 1.54) is 0 Å². The van der Waals surface area contributed by atoms with Crippen LogP contribution in [0.2, 0.25) is 0 Å². The highest BCUT2D eigenvalue weighted by atomic mass is 16.5. The molecule has 2 aromatic heterocycles. The summed E-state index contributed by atoms with van der Waals surface area (Å²) >= 11 is 0. The van der Waals surface area contributed by atoms with Gasteiger partial charge in [0.05, 0.1) is 30.5 Å². The van der Waals surface area contributed by atoms with Crippen LogP contribution in [-0.2, 0) is 17.8 Å². The van der Waals surface area contributed by atoms with Crippen LogP contribution in [0.25, 0.3) is 10.9 Å². The molecule has 0 atom stereocenters. The third-order valence-corrected chi connectivity index (χ3v) is 3.84. The standard InChI is InChI=1S/C15H14N4O3/c1-8-4-12-9(6-16-18-12)5-11(8)17-15(20)14-10-7-21-3-2-13(10)22-19-14/h4-6H,2-3,7H2,1H3,(H,16,18)(H,17,20). The van der Waals surface area contributed by atoms with Gasteiger partial charge in [-0.2, -0.15) is 5.10 Å². The van der Waals surface area contributed by atoms with Crippen LogP contribution in [0.1, 0.15) is 27.4 Å². The summed E-state index contributed by atoms with van der Waals surface area (Å²) in [4.78, 5) is 12.5. The van der Waals surface area contributed by atoms with Crippen LogP contribution in [0.15, 0.2) is 22.9 Å². The van der Waals surface area contributed by atoms with Crippen LogP contribution in [0.3, 0.4) is 0 Å². The monoisotopic (exact) mass is 298 g/mol. The molecule has 1 aliphatic heterocycles. The Kier molecular flexibility index (Phi) is 2.93. The van der Waals surface area contributed by atoms with Crippen molar-refractivity contribution in [1.82, 2.24) is 15.4 Å². The molecule has 22 heavy (non-hydrogen) atoms. The molecule has 1 aliphatic rings. The molecule has 0 unspecified atom stereocenters. The summed E-state index contributed by atoms with van der Waals surface area (Å²) in [6.07, 6.45) is 2.37. The number of carbonyl (C=O) groups is 1. The number of hydrogen-bond donors (Lipinski definition) is 2. The largest absolute Gasteiger partial charge is 0.376 e. The van der Waals surface area contributed by atoms with Crippen LogP contribution in [0.5, 0.6) is 0 Å². The number of rotatable bonds is 2. The van der Waals surface area contributed by atoms with Gasteiger partial charge < -0.3 is 14.6 Å². The van der Waals surface area contributed by atoms with Crippen LogP contribution in [0, 0.1) is 6.92 Å². The summed E-state index contributed by atoms with van der Waals surface area (Å²) in [6, 6.07) is 3.83. The predicted octanol–water partition coefficient (Wildman–Crippen LogP) is 2.18. The van der Waals surface area contributed by atoms with Gasteiger partial charge in [-0.15, -0.1) is 0 Å². The number of aromatic nitrogens is 3. The molecular formula is C15H14N4O3. The number of ether oxygens (including phenoxy) is 1. The van der Waals surface area contributed by atoms with E-state index < -0.39 is 0 Å². The lowest BCUT2D eigenvalue weighted by Gasteiger charge is -2.11. The second-order valence-electron chi connectivity index (χ2n) is 5.31. The maximum absolute atomic E-state index is 12.5. The third-order valence-electron chi connectivity index (χ3n) is 3.84. The van der Waals surface area contributed by atoms with E-state index in [2.05, 4.69) is 20.7 Å². The van der Waals surface area contributed by atoms with Gasteiger partial charge in [-0.3, -0.25) is 9.89 Å². The fourth-order valence-corrected chi connectivity index (χ4v) is 2.62. The Morgan fingerprint density at radius 1 is 1.41 bits per heavy atom. The number of carbonyl (C=O) groups excluding carboxylic acids is 1. The molecule has 1 amide bonds. The number of aryl methyl sites for hydroxylation is 1. The molecule has 7 nitrogen and oxygen atoms in total. The highest BCUT2D eigenvalue weighted by Gasteiger charge is 2.24. The third kappa shape index (κ3) is 2.06. The quantitative estimate of drug-likeness (QED) is 0.756. The van der Waals surface area contributed by atoms with Gasteiger partial charge in [0.1, 0.15) is 5.76 Å². The minimum absolute atomic E-state index is 0.290. The van der Waals surface area contributed by atoms with Crippen molar-refractivity contribution in [1.29, 1.82) is 0 Å². The lowest BCUT2D eigenvalue weighted by Crippen LogP contribution is -2.17. The fraction of sp³-hybridized carbons (Fsp3) is 0.267. The normalized spacial score (nSPS) is 14.0. The van der Waals surface area contributed by atoms with Crippen molar-refractivity contribution >= 4 is 22.5 Å². The smallest absolute Gasteiger partial charge is 0.278 e. The predicted molar refractivity (Wildman–Crippen MR) is 78.6 cm³/mol. The first-order valence-corrected chi connectivity index (χ1v) is 7.02. The van der Waals surface area contributed by atoms with Crippen molar-refractivity contribution in [2.45, 2.75) is 20.0 Å². The molecule has 0 radical (unpaired) electrons. The van der Waals surface area contributed by atoms with Crippen molar-refractivity contribution in [2.75, 3.05) is 11.9 Å². The molecule has 3 aromatic rings. The Bertz CT molecular complexity index is 865. The van der Waals surface area contributed by atoms with Gasteiger partial charge in [0.15, 0.2) is 5.69 Å². The molecule has 2 N–H and O–H groups in total. The fourth-order valence-electron chi connectivity index (χ4n) is 2.62. The van der Waals surface area contributed by atoms with Gasteiger partial charge in [0, 0.05) is 17.5 Å². The van der Waals surface area contributed by atoms with Crippen LogP contribution < -0.4 is 5.32 Å². The molecule has 1 aromatic carbocycles. The van der Waals surface area contributed by atoms with Crippen molar-refractivity contribution in [3.05, 3.63) is 40.9 Å². The number of H-pyrrole nitrogens is 1. The van der Waals surface area contributed by atoms with E-state index in [1.807, 2.05) is 19.1 Å². The first-order chi connectivity index (χ1) is 10.7. The highest BCUT2D eigenvalue weighted by molar-refractivity contribution is 6.05. The molecule has 4 rings (SSSR count). The Labute approximate surface area is 125 Å². The summed E-state index contributed by atoms with van der Waals surface area (Å²) in [5.74, 6) is 0.444. The van der Waals surface area contributed by atoms with E-state index in [1.54, 1.807) is 6.20 Å². The number of anilines is 1. The minimum Gasteiger partial charge on any atom is -0.376 e. The second kappa shape index (κ2) is 4.96. The number of hydrogen-bond acceptors (Lipinski definition) is 5. The Morgan fingerprint density at radius 3 is 3.23 bits per heavy atom. The Morgan fingerprint density at radius 2 is 2.32 bits per heavy atom. The molecule has 7 heteroatoms. The maximum Gasteiger partial charge on any atom is 0.278 e. The number of fused-ring (bicyclic) bond motifs is 2. The van der Waals surface area contributed by atoms with Crippen molar-refractivity contribution < 1.29 is 14.1 Å². The number of amides is 1. The van der Waals surface area contributed by atoms with E-state index in [-0.39, 0.29) is 5.91 Å². The first kappa shape index (κ1) is 13.0. The lowest BCUT2D eigenvalue weighted by atomic mass is 10.1. The van der Waals surface area contributed by atoms with Crippen molar-refractivity contribution in [3.63, 3.8) is 0 Å². The SMILES string of the molecule is Cc1cc2[nH]ncc2cc1NC(=O)c1noc2c1COCC2. The van der Waals surface area contributed by atoms with Crippen molar-refractivity contribution in [2.24, 2.45) is 0 Å². The van der Waals surface area contributed by atoms with Crippen LogP contribution >= 0.6 is 0 Å². The number of benzene rings is 1. The van der Waals surface area contributed by atoms with E-state index in [0.717, 1.165) is 33.5 Å². The van der Waals surface area contributed by atoms with E-state index >= 15 is 0 Å². The number of aromatic amines is 1. The van der Waals surface area contributed by atoms with Crippen LogP contribution in [-0.4, -0.2) is 27.9 Å². The summed E-state index contributed by atoms with van der Waals surface area (Å²) < 4.78 is 10.6.